The maximum Gasteiger partial charge on any atom is 0.132 e. The van der Waals surface area contributed by atoms with Gasteiger partial charge in [-0.2, -0.15) is 11.3 Å². The Bertz CT molecular complexity index is 475. The van der Waals surface area contributed by atoms with Crippen molar-refractivity contribution in [1.82, 2.24) is 0 Å². The van der Waals surface area contributed by atoms with Gasteiger partial charge in [0.25, 0.3) is 0 Å². The molecule has 0 radical (unpaired) electrons. The number of hydrogen-bond acceptors (Lipinski definition) is 3. The Morgan fingerprint density at radius 1 is 1.35 bits per heavy atom. The molecule has 0 spiro atoms. The van der Waals surface area contributed by atoms with Gasteiger partial charge in [0.05, 0.1) is 18.7 Å². The Balaban J connectivity index is 0.00000144. The van der Waals surface area contributed by atoms with Crippen LogP contribution in [0.15, 0.2) is 35.0 Å². The van der Waals surface area contributed by atoms with Crippen molar-refractivity contribution in [1.29, 1.82) is 0 Å². The van der Waals surface area contributed by atoms with E-state index in [1.165, 1.54) is 24.5 Å². The molecule has 2 nitrogen and oxygen atoms in total. The molecule has 0 bridgehead atoms. The van der Waals surface area contributed by atoms with E-state index >= 15 is 0 Å². The summed E-state index contributed by atoms with van der Waals surface area (Å²) in [5.41, 5.74) is 7.33. The van der Waals surface area contributed by atoms with E-state index in [0.29, 0.717) is 11.3 Å². The van der Waals surface area contributed by atoms with Crippen LogP contribution in [0.4, 0.5) is 4.39 Å². The molecular formula is C12H13ClFNOS. The lowest BCUT2D eigenvalue weighted by atomic mass is 10.0. The highest BCUT2D eigenvalue weighted by Crippen LogP contribution is 2.31. The van der Waals surface area contributed by atoms with Gasteiger partial charge in [0.1, 0.15) is 11.6 Å². The lowest BCUT2D eigenvalue weighted by molar-refractivity contribution is 0.402. The number of ether oxygens (including phenoxy) is 1. The van der Waals surface area contributed by atoms with Crippen molar-refractivity contribution in [3.63, 3.8) is 0 Å². The molecule has 1 heterocycles. The molecule has 1 aromatic carbocycles. The molecular weight excluding hydrogens is 261 g/mol. The van der Waals surface area contributed by atoms with Crippen molar-refractivity contribution >= 4 is 23.7 Å². The summed E-state index contributed by atoms with van der Waals surface area (Å²) in [6.07, 6.45) is 0. The Kier molecular flexibility index (Phi) is 4.93. The number of benzene rings is 1. The second-order valence-electron chi connectivity index (χ2n) is 3.39. The Labute approximate surface area is 110 Å². The van der Waals surface area contributed by atoms with Crippen LogP contribution in [-0.2, 0) is 0 Å². The molecule has 2 aromatic rings. The summed E-state index contributed by atoms with van der Waals surface area (Å²) in [4.78, 5) is 0. The van der Waals surface area contributed by atoms with Gasteiger partial charge in [0.2, 0.25) is 0 Å². The highest BCUT2D eigenvalue weighted by molar-refractivity contribution is 7.08. The zero-order valence-corrected chi connectivity index (χ0v) is 10.9. The van der Waals surface area contributed by atoms with Crippen molar-refractivity contribution in [3.8, 4) is 5.75 Å². The Morgan fingerprint density at radius 3 is 2.71 bits per heavy atom. The number of hydrogen-bond donors (Lipinski definition) is 1. The van der Waals surface area contributed by atoms with E-state index in [0.717, 1.165) is 5.56 Å². The summed E-state index contributed by atoms with van der Waals surface area (Å²) < 4.78 is 18.9. The van der Waals surface area contributed by atoms with Crippen LogP contribution in [0.5, 0.6) is 5.75 Å². The van der Waals surface area contributed by atoms with Gasteiger partial charge in [-0.25, -0.2) is 4.39 Å². The van der Waals surface area contributed by atoms with Gasteiger partial charge in [-0.15, -0.1) is 12.4 Å². The first kappa shape index (κ1) is 14.0. The number of nitrogens with two attached hydrogens (primary N) is 1. The third-order valence-corrected chi connectivity index (χ3v) is 3.15. The molecule has 1 atom stereocenters. The number of rotatable bonds is 3. The van der Waals surface area contributed by atoms with Crippen LogP contribution < -0.4 is 10.5 Å². The van der Waals surface area contributed by atoms with Crippen LogP contribution in [0.25, 0.3) is 0 Å². The van der Waals surface area contributed by atoms with E-state index in [1.807, 2.05) is 16.8 Å². The summed E-state index contributed by atoms with van der Waals surface area (Å²) in [7, 11) is 1.51. The van der Waals surface area contributed by atoms with Crippen molar-refractivity contribution in [2.24, 2.45) is 5.73 Å². The first-order valence-corrected chi connectivity index (χ1v) is 5.78. The second-order valence-corrected chi connectivity index (χ2v) is 4.17. The zero-order chi connectivity index (χ0) is 11.5. The summed E-state index contributed by atoms with van der Waals surface area (Å²) in [6, 6.07) is 6.12. The molecule has 17 heavy (non-hydrogen) atoms. The van der Waals surface area contributed by atoms with Crippen molar-refractivity contribution in [2.75, 3.05) is 7.11 Å². The minimum absolute atomic E-state index is 0. The van der Waals surface area contributed by atoms with Gasteiger partial charge in [-0.05, 0) is 34.5 Å². The number of methoxy groups -OCH3 is 1. The molecule has 0 saturated carbocycles. The minimum Gasteiger partial charge on any atom is -0.496 e. The fraction of sp³-hybridized carbons (Fsp3) is 0.167. The van der Waals surface area contributed by atoms with Crippen molar-refractivity contribution < 1.29 is 9.13 Å². The van der Waals surface area contributed by atoms with Gasteiger partial charge in [0, 0.05) is 0 Å². The van der Waals surface area contributed by atoms with Gasteiger partial charge in [-0.3, -0.25) is 0 Å². The number of thiophene rings is 1. The normalized spacial score (nSPS) is 11.7. The van der Waals surface area contributed by atoms with Crippen LogP contribution in [0.2, 0.25) is 0 Å². The van der Waals surface area contributed by atoms with Crippen LogP contribution in [0.1, 0.15) is 17.2 Å². The molecule has 2 N–H and O–H groups in total. The number of halogens is 2. The lowest BCUT2D eigenvalue weighted by Crippen LogP contribution is -2.14. The van der Waals surface area contributed by atoms with Crippen LogP contribution in [-0.4, -0.2) is 7.11 Å². The quantitative estimate of drug-likeness (QED) is 0.931. The minimum atomic E-state index is -0.484. The SMILES string of the molecule is COc1cccc(F)c1[C@@H](N)c1ccsc1.Cl. The smallest absolute Gasteiger partial charge is 0.132 e. The van der Waals surface area contributed by atoms with Crippen LogP contribution in [0.3, 0.4) is 0 Å². The topological polar surface area (TPSA) is 35.2 Å². The van der Waals surface area contributed by atoms with Crippen molar-refractivity contribution in [3.05, 3.63) is 52.0 Å². The molecule has 2 rings (SSSR count). The summed E-state index contributed by atoms with van der Waals surface area (Å²) >= 11 is 1.54. The monoisotopic (exact) mass is 273 g/mol. The van der Waals surface area contributed by atoms with E-state index in [9.17, 15) is 4.39 Å². The molecule has 0 aliphatic heterocycles. The third kappa shape index (κ3) is 2.77. The van der Waals surface area contributed by atoms with E-state index in [-0.39, 0.29) is 18.2 Å². The molecule has 0 amide bonds. The van der Waals surface area contributed by atoms with Gasteiger partial charge in [-0.1, -0.05) is 6.07 Å². The van der Waals surface area contributed by atoms with Gasteiger partial charge in [0.15, 0.2) is 0 Å². The highest BCUT2D eigenvalue weighted by atomic mass is 35.5. The lowest BCUT2D eigenvalue weighted by Gasteiger charge is -2.15. The second kappa shape index (κ2) is 6.00. The maximum absolute atomic E-state index is 13.7. The molecule has 92 valence electrons. The molecule has 0 fully saturated rings. The predicted molar refractivity (Wildman–Crippen MR) is 70.5 cm³/mol. The molecule has 1 aromatic heterocycles. The fourth-order valence-electron chi connectivity index (χ4n) is 1.62. The predicted octanol–water partition coefficient (Wildman–Crippen LogP) is 3.37. The summed E-state index contributed by atoms with van der Waals surface area (Å²) in [5.74, 6) is 0.150. The molecule has 0 aliphatic carbocycles. The van der Waals surface area contributed by atoms with Crippen LogP contribution >= 0.6 is 23.7 Å². The van der Waals surface area contributed by atoms with E-state index in [1.54, 1.807) is 12.1 Å². The average Bonchev–Trinajstić information content (AvgIpc) is 2.81. The van der Waals surface area contributed by atoms with E-state index in [4.69, 9.17) is 10.5 Å². The molecule has 0 saturated heterocycles. The summed E-state index contributed by atoms with van der Waals surface area (Å²) in [5, 5.41) is 3.83. The fourth-order valence-corrected chi connectivity index (χ4v) is 2.31. The maximum atomic E-state index is 13.7. The standard InChI is InChI=1S/C12H12FNOS.ClH/c1-15-10-4-2-3-9(13)11(10)12(14)8-5-6-16-7-8;/h2-7,12H,14H2,1H3;1H/t12-;/m0./s1. The molecule has 5 heteroatoms. The highest BCUT2D eigenvalue weighted by Gasteiger charge is 2.18. The average molecular weight is 274 g/mol. The first-order chi connectivity index (χ1) is 7.74. The third-order valence-electron chi connectivity index (χ3n) is 2.45. The zero-order valence-electron chi connectivity index (χ0n) is 9.22. The Morgan fingerprint density at radius 2 is 2.12 bits per heavy atom. The first-order valence-electron chi connectivity index (χ1n) is 4.84. The van der Waals surface area contributed by atoms with Gasteiger partial charge < -0.3 is 10.5 Å². The molecule has 0 unspecified atom stereocenters. The van der Waals surface area contributed by atoms with Crippen molar-refractivity contribution in [2.45, 2.75) is 6.04 Å². The van der Waals surface area contributed by atoms with E-state index < -0.39 is 6.04 Å². The largest absolute Gasteiger partial charge is 0.496 e. The molecule has 0 aliphatic rings. The Hall–Kier alpha value is -1.10. The summed E-state index contributed by atoms with van der Waals surface area (Å²) in [6.45, 7) is 0. The van der Waals surface area contributed by atoms with Gasteiger partial charge >= 0.3 is 0 Å². The van der Waals surface area contributed by atoms with E-state index in [2.05, 4.69) is 0 Å². The van der Waals surface area contributed by atoms with Crippen LogP contribution in [0, 0.1) is 5.82 Å².